The number of benzene rings is 2. The van der Waals surface area contributed by atoms with Gasteiger partial charge in [-0.05, 0) is 37.3 Å². The monoisotopic (exact) mass is 344 g/mol. The molecule has 0 radical (unpaired) electrons. The molecule has 0 heterocycles. The van der Waals surface area contributed by atoms with E-state index in [1.165, 1.54) is 12.1 Å². The van der Waals surface area contributed by atoms with Gasteiger partial charge in [0.2, 0.25) is 0 Å². The molecule has 2 aromatic carbocycles. The fraction of sp³-hybridized carbons (Fsp3) is 0.263. The van der Waals surface area contributed by atoms with E-state index < -0.39 is 0 Å². The van der Waals surface area contributed by atoms with Crippen LogP contribution < -0.4 is 15.5 Å². The average Bonchev–Trinajstić information content (AvgIpc) is 2.55. The molecule has 0 aliphatic heterocycles. The molecular formula is C19H23FN3O2+. The Hall–Kier alpha value is -2.73. The predicted molar refractivity (Wildman–Crippen MR) is 94.9 cm³/mol. The summed E-state index contributed by atoms with van der Waals surface area (Å²) in [6.07, 6.45) is 0. The first-order valence-electron chi connectivity index (χ1n) is 8.21. The van der Waals surface area contributed by atoms with Crippen LogP contribution in [0.3, 0.4) is 0 Å². The lowest BCUT2D eigenvalue weighted by molar-refractivity contribution is -0.885. The molecule has 0 spiro atoms. The van der Waals surface area contributed by atoms with Crippen LogP contribution in [0.25, 0.3) is 0 Å². The lowest BCUT2D eigenvalue weighted by Crippen LogP contribution is -3.08. The van der Waals surface area contributed by atoms with Crippen LogP contribution in [-0.4, -0.2) is 32.0 Å². The van der Waals surface area contributed by atoms with E-state index in [4.69, 9.17) is 0 Å². The van der Waals surface area contributed by atoms with Crippen molar-refractivity contribution in [3.05, 3.63) is 65.5 Å². The first-order valence-corrected chi connectivity index (χ1v) is 8.21. The fourth-order valence-electron chi connectivity index (χ4n) is 2.54. The second-order valence-electron chi connectivity index (χ2n) is 5.93. The van der Waals surface area contributed by atoms with Crippen molar-refractivity contribution >= 4 is 17.5 Å². The summed E-state index contributed by atoms with van der Waals surface area (Å²) in [5, 5.41) is 5.51. The maximum Gasteiger partial charge on any atom is 0.279 e. The molecule has 1 unspecified atom stereocenters. The topological polar surface area (TPSA) is 62.6 Å². The lowest BCUT2D eigenvalue weighted by atomic mass is 10.2. The van der Waals surface area contributed by atoms with Gasteiger partial charge in [0.1, 0.15) is 12.4 Å². The smallest absolute Gasteiger partial charge is 0.279 e. The van der Waals surface area contributed by atoms with Gasteiger partial charge >= 0.3 is 0 Å². The van der Waals surface area contributed by atoms with Crippen LogP contribution >= 0.6 is 0 Å². The third-order valence-electron chi connectivity index (χ3n) is 3.60. The highest BCUT2D eigenvalue weighted by Crippen LogP contribution is 2.10. The SMILES string of the molecule is CCNC(=O)c1cccc(NC(=O)C[NH+](C)Cc2cccc(F)c2)c1. The molecule has 0 aromatic heterocycles. The molecule has 3 N–H and O–H groups in total. The minimum Gasteiger partial charge on any atom is -0.352 e. The van der Waals surface area contributed by atoms with E-state index in [9.17, 15) is 14.0 Å². The maximum absolute atomic E-state index is 13.2. The summed E-state index contributed by atoms with van der Waals surface area (Å²) in [6, 6.07) is 13.2. The van der Waals surface area contributed by atoms with E-state index in [1.807, 2.05) is 20.0 Å². The number of amides is 2. The number of hydrogen-bond acceptors (Lipinski definition) is 2. The minimum atomic E-state index is -0.281. The van der Waals surface area contributed by atoms with Gasteiger partial charge in [0.05, 0.1) is 7.05 Å². The maximum atomic E-state index is 13.2. The zero-order chi connectivity index (χ0) is 18.2. The van der Waals surface area contributed by atoms with Gasteiger partial charge in [0.25, 0.3) is 11.8 Å². The summed E-state index contributed by atoms with van der Waals surface area (Å²) in [5.74, 6) is -0.619. The number of rotatable bonds is 7. The molecule has 0 saturated carbocycles. The van der Waals surface area contributed by atoms with Gasteiger partial charge in [0, 0.05) is 23.4 Å². The van der Waals surface area contributed by atoms with Crippen molar-refractivity contribution in [2.75, 3.05) is 25.5 Å². The van der Waals surface area contributed by atoms with Crippen molar-refractivity contribution in [1.82, 2.24) is 5.32 Å². The molecule has 0 saturated heterocycles. The number of nitrogens with one attached hydrogen (secondary N) is 3. The average molecular weight is 344 g/mol. The zero-order valence-corrected chi connectivity index (χ0v) is 14.4. The summed E-state index contributed by atoms with van der Waals surface area (Å²) >= 11 is 0. The number of likely N-dealkylation sites (N-methyl/N-ethyl adjacent to an activating group) is 1. The highest BCUT2D eigenvalue weighted by molar-refractivity contribution is 5.97. The molecule has 0 bridgehead atoms. The molecule has 1 atom stereocenters. The molecule has 2 rings (SSSR count). The van der Waals surface area contributed by atoms with E-state index in [0.29, 0.717) is 24.3 Å². The number of carbonyl (C=O) groups excluding carboxylic acids is 2. The Morgan fingerprint density at radius 1 is 1.12 bits per heavy atom. The minimum absolute atomic E-state index is 0.165. The Kier molecular flexibility index (Phi) is 6.65. The van der Waals surface area contributed by atoms with Gasteiger partial charge in [-0.3, -0.25) is 9.59 Å². The van der Waals surface area contributed by atoms with Gasteiger partial charge in [-0.1, -0.05) is 18.2 Å². The Bertz CT molecular complexity index is 749. The molecule has 25 heavy (non-hydrogen) atoms. The summed E-state index contributed by atoms with van der Waals surface area (Å²) in [7, 11) is 1.87. The first kappa shape index (κ1) is 18.6. The molecule has 0 aliphatic rings. The second-order valence-corrected chi connectivity index (χ2v) is 5.93. The van der Waals surface area contributed by atoms with Crippen LogP contribution in [0.1, 0.15) is 22.8 Å². The van der Waals surface area contributed by atoms with Crippen LogP contribution in [0.4, 0.5) is 10.1 Å². The third-order valence-corrected chi connectivity index (χ3v) is 3.60. The molecule has 132 valence electrons. The Morgan fingerprint density at radius 2 is 1.88 bits per heavy atom. The predicted octanol–water partition coefficient (Wildman–Crippen LogP) is 1.23. The molecule has 5 nitrogen and oxygen atoms in total. The summed E-state index contributed by atoms with van der Waals surface area (Å²) in [6.45, 7) is 3.18. The van der Waals surface area contributed by atoms with Gasteiger partial charge in [-0.25, -0.2) is 4.39 Å². The van der Waals surface area contributed by atoms with E-state index in [-0.39, 0.29) is 24.2 Å². The fourth-order valence-corrected chi connectivity index (χ4v) is 2.54. The quantitative estimate of drug-likeness (QED) is 0.707. The van der Waals surface area contributed by atoms with Crippen LogP contribution in [-0.2, 0) is 11.3 Å². The Labute approximate surface area is 146 Å². The van der Waals surface area contributed by atoms with Gasteiger partial charge < -0.3 is 15.5 Å². The van der Waals surface area contributed by atoms with Crippen LogP contribution in [0, 0.1) is 5.82 Å². The lowest BCUT2D eigenvalue weighted by Gasteiger charge is -2.14. The van der Waals surface area contributed by atoms with Crippen molar-refractivity contribution in [2.24, 2.45) is 0 Å². The molecule has 0 aliphatic carbocycles. The Morgan fingerprint density at radius 3 is 2.60 bits per heavy atom. The van der Waals surface area contributed by atoms with Crippen molar-refractivity contribution in [2.45, 2.75) is 13.5 Å². The zero-order valence-electron chi connectivity index (χ0n) is 14.4. The van der Waals surface area contributed by atoms with Gasteiger partial charge in [-0.15, -0.1) is 0 Å². The molecule has 0 fully saturated rings. The van der Waals surface area contributed by atoms with Gasteiger partial charge in [0.15, 0.2) is 6.54 Å². The first-order chi connectivity index (χ1) is 12.0. The molecule has 6 heteroatoms. The van der Waals surface area contributed by atoms with Crippen LogP contribution in [0.15, 0.2) is 48.5 Å². The second kappa shape index (κ2) is 8.94. The van der Waals surface area contributed by atoms with Crippen molar-refractivity contribution in [1.29, 1.82) is 0 Å². The van der Waals surface area contributed by atoms with Gasteiger partial charge in [-0.2, -0.15) is 0 Å². The van der Waals surface area contributed by atoms with Crippen LogP contribution in [0.2, 0.25) is 0 Å². The largest absolute Gasteiger partial charge is 0.352 e. The molecule has 2 amide bonds. The van der Waals surface area contributed by atoms with E-state index >= 15 is 0 Å². The number of carbonyl (C=O) groups is 2. The highest BCUT2D eigenvalue weighted by atomic mass is 19.1. The highest BCUT2D eigenvalue weighted by Gasteiger charge is 2.12. The number of halogens is 1. The summed E-state index contributed by atoms with van der Waals surface area (Å²) < 4.78 is 13.2. The normalized spacial score (nSPS) is 11.6. The van der Waals surface area contributed by atoms with E-state index in [0.717, 1.165) is 10.5 Å². The number of anilines is 1. The molecule has 2 aromatic rings. The standard InChI is InChI=1S/C19H22FN3O2/c1-3-21-19(25)15-7-5-9-17(11-15)22-18(24)13-23(2)12-14-6-4-8-16(20)10-14/h4-11H,3,12-13H2,1-2H3,(H,21,25)(H,22,24)/p+1. The molecular weight excluding hydrogens is 321 g/mol. The number of hydrogen-bond donors (Lipinski definition) is 3. The van der Waals surface area contributed by atoms with E-state index in [1.54, 1.807) is 30.3 Å². The third kappa shape index (κ3) is 6.00. The Balaban J connectivity index is 1.91. The van der Waals surface area contributed by atoms with Crippen molar-refractivity contribution in [3.63, 3.8) is 0 Å². The summed E-state index contributed by atoms with van der Waals surface area (Å²) in [4.78, 5) is 24.9. The van der Waals surface area contributed by atoms with Crippen LogP contribution in [0.5, 0.6) is 0 Å². The number of quaternary nitrogens is 1. The summed E-state index contributed by atoms with van der Waals surface area (Å²) in [5.41, 5.74) is 1.91. The van der Waals surface area contributed by atoms with Crippen molar-refractivity contribution in [3.8, 4) is 0 Å². The van der Waals surface area contributed by atoms with E-state index in [2.05, 4.69) is 10.6 Å². The van der Waals surface area contributed by atoms with Crippen molar-refractivity contribution < 1.29 is 18.9 Å².